The molecule has 29 heavy (non-hydrogen) atoms. The van der Waals surface area contributed by atoms with E-state index in [2.05, 4.69) is 57.4 Å². The van der Waals surface area contributed by atoms with Crippen molar-refractivity contribution in [1.82, 2.24) is 5.43 Å². The number of hydrazone groups is 1. The lowest BCUT2D eigenvalue weighted by atomic mass is 9.85. The summed E-state index contributed by atoms with van der Waals surface area (Å²) >= 11 is 2.22. The topological polar surface area (TPSA) is 50.7 Å². The molecular weight excluding hydrogens is 475 g/mol. The van der Waals surface area contributed by atoms with Gasteiger partial charge in [-0.05, 0) is 63.9 Å². The molecule has 4 nitrogen and oxygen atoms in total. The van der Waals surface area contributed by atoms with Crippen molar-refractivity contribution in [2.45, 2.75) is 11.8 Å². The molecule has 1 fully saturated rings. The van der Waals surface area contributed by atoms with Gasteiger partial charge in [0.1, 0.15) is 5.75 Å². The van der Waals surface area contributed by atoms with Crippen LogP contribution < -0.4 is 10.2 Å². The van der Waals surface area contributed by atoms with Crippen LogP contribution in [0.15, 0.2) is 84.0 Å². The van der Waals surface area contributed by atoms with Crippen molar-refractivity contribution in [3.63, 3.8) is 0 Å². The summed E-state index contributed by atoms with van der Waals surface area (Å²) in [5.41, 5.74) is 5.69. The lowest BCUT2D eigenvalue weighted by Crippen LogP contribution is -2.25. The van der Waals surface area contributed by atoms with E-state index in [-0.39, 0.29) is 17.2 Å². The molecule has 1 N–H and O–H groups in total. The van der Waals surface area contributed by atoms with Crippen molar-refractivity contribution in [1.29, 1.82) is 0 Å². The molecule has 3 aromatic rings. The normalized spacial score (nSPS) is 17.1. The molecule has 0 aliphatic heterocycles. The molecule has 0 saturated heterocycles. The fourth-order valence-corrected chi connectivity index (χ4v) is 4.63. The third-order valence-electron chi connectivity index (χ3n) is 5.42. The van der Waals surface area contributed by atoms with Crippen molar-refractivity contribution in [2.75, 3.05) is 7.11 Å². The van der Waals surface area contributed by atoms with Crippen LogP contribution in [0.4, 0.5) is 0 Å². The maximum absolute atomic E-state index is 12.9. The Hall–Kier alpha value is -2.67. The number of hydrogen-bond acceptors (Lipinski definition) is 3. The van der Waals surface area contributed by atoms with Crippen LogP contribution in [-0.4, -0.2) is 19.2 Å². The van der Waals surface area contributed by atoms with Crippen LogP contribution in [0, 0.1) is 9.49 Å². The number of hydrogen-bond donors (Lipinski definition) is 1. The maximum atomic E-state index is 12.9. The molecule has 0 bridgehead atoms. The van der Waals surface area contributed by atoms with E-state index < -0.39 is 0 Å². The average Bonchev–Trinajstić information content (AvgIpc) is 3.52. The Kier molecular flexibility index (Phi) is 5.67. The van der Waals surface area contributed by atoms with Crippen LogP contribution in [0.1, 0.15) is 23.1 Å². The quantitative estimate of drug-likeness (QED) is 0.304. The van der Waals surface area contributed by atoms with Crippen molar-refractivity contribution >= 4 is 34.7 Å². The SMILES string of the molecule is COc1ccc(C=NNC(=O)[C@H]2CC2(c2ccccc2)c2ccccc2)cc1I. The van der Waals surface area contributed by atoms with Crippen molar-refractivity contribution < 1.29 is 9.53 Å². The molecule has 0 aromatic heterocycles. The predicted molar refractivity (Wildman–Crippen MR) is 123 cm³/mol. The van der Waals surface area contributed by atoms with E-state index in [1.54, 1.807) is 13.3 Å². The maximum Gasteiger partial charge on any atom is 0.244 e. The summed E-state index contributed by atoms with van der Waals surface area (Å²) in [7, 11) is 1.65. The fraction of sp³-hybridized carbons (Fsp3) is 0.167. The largest absolute Gasteiger partial charge is 0.496 e. The molecule has 1 aliphatic carbocycles. The van der Waals surface area contributed by atoms with Crippen LogP contribution in [0.2, 0.25) is 0 Å². The van der Waals surface area contributed by atoms with E-state index in [0.717, 1.165) is 21.3 Å². The standard InChI is InChI=1S/C24H21IN2O2/c1-29-22-13-12-17(14-21(22)25)16-26-27-23(28)20-15-24(20,18-8-4-2-5-9-18)19-10-6-3-7-11-19/h2-14,16,20H,15H2,1H3,(H,27,28)/t20-/m1/s1. The molecule has 1 aliphatic rings. The highest BCUT2D eigenvalue weighted by molar-refractivity contribution is 14.1. The van der Waals surface area contributed by atoms with Crippen LogP contribution in [0.25, 0.3) is 0 Å². The second-order valence-electron chi connectivity index (χ2n) is 7.09. The number of amides is 1. The van der Waals surface area contributed by atoms with Crippen molar-refractivity contribution in [3.05, 3.63) is 99.1 Å². The van der Waals surface area contributed by atoms with Gasteiger partial charge in [-0.2, -0.15) is 5.10 Å². The Labute approximate surface area is 184 Å². The lowest BCUT2D eigenvalue weighted by Gasteiger charge is -2.18. The first-order valence-corrected chi connectivity index (χ1v) is 10.5. The third kappa shape index (κ3) is 3.92. The van der Waals surface area contributed by atoms with Gasteiger partial charge in [-0.15, -0.1) is 0 Å². The molecular formula is C24H21IN2O2. The molecule has 0 spiro atoms. The van der Waals surface area contributed by atoms with Gasteiger partial charge in [0.2, 0.25) is 5.91 Å². The summed E-state index contributed by atoms with van der Waals surface area (Å²) < 4.78 is 6.26. The highest BCUT2D eigenvalue weighted by Crippen LogP contribution is 2.58. The molecule has 4 rings (SSSR count). The number of halogens is 1. The van der Waals surface area contributed by atoms with E-state index in [0.29, 0.717) is 0 Å². The summed E-state index contributed by atoms with van der Waals surface area (Å²) in [5.74, 6) is 0.623. The number of rotatable bonds is 6. The Morgan fingerprint density at radius 2 is 1.69 bits per heavy atom. The lowest BCUT2D eigenvalue weighted by molar-refractivity contribution is -0.122. The Morgan fingerprint density at radius 3 is 2.24 bits per heavy atom. The van der Waals surface area contributed by atoms with Gasteiger partial charge in [0.05, 0.1) is 22.8 Å². The number of ether oxygens (including phenoxy) is 1. The molecule has 1 saturated carbocycles. The molecule has 5 heteroatoms. The number of benzene rings is 3. The van der Waals surface area contributed by atoms with Gasteiger partial charge in [-0.3, -0.25) is 4.79 Å². The first-order valence-electron chi connectivity index (χ1n) is 9.42. The van der Waals surface area contributed by atoms with E-state index >= 15 is 0 Å². The predicted octanol–water partition coefficient (Wildman–Crippen LogP) is 4.76. The van der Waals surface area contributed by atoms with E-state index in [4.69, 9.17) is 4.74 Å². The minimum Gasteiger partial charge on any atom is -0.496 e. The van der Waals surface area contributed by atoms with Crippen molar-refractivity contribution in [2.24, 2.45) is 11.0 Å². The summed E-state index contributed by atoms with van der Waals surface area (Å²) in [5, 5.41) is 4.18. The van der Waals surface area contributed by atoms with Crippen LogP contribution in [0.3, 0.4) is 0 Å². The summed E-state index contributed by atoms with van der Waals surface area (Å²) in [6.45, 7) is 0. The van der Waals surface area contributed by atoms with E-state index in [1.165, 1.54) is 11.1 Å². The molecule has 0 radical (unpaired) electrons. The molecule has 0 unspecified atom stereocenters. The van der Waals surface area contributed by atoms with E-state index in [9.17, 15) is 4.79 Å². The van der Waals surface area contributed by atoms with Gasteiger partial charge in [-0.1, -0.05) is 60.7 Å². The second kappa shape index (κ2) is 8.37. The number of methoxy groups -OCH3 is 1. The Morgan fingerprint density at radius 1 is 1.07 bits per heavy atom. The first kappa shape index (κ1) is 19.6. The fourth-order valence-electron chi connectivity index (χ4n) is 3.87. The van der Waals surface area contributed by atoms with Gasteiger partial charge < -0.3 is 4.74 Å². The van der Waals surface area contributed by atoms with Gasteiger partial charge in [0.15, 0.2) is 0 Å². The number of nitrogens with one attached hydrogen (secondary N) is 1. The minimum atomic E-state index is -0.280. The average molecular weight is 496 g/mol. The highest BCUT2D eigenvalue weighted by Gasteiger charge is 2.60. The number of nitrogens with zero attached hydrogens (tertiary/aromatic N) is 1. The van der Waals surface area contributed by atoms with Crippen LogP contribution >= 0.6 is 22.6 Å². The smallest absolute Gasteiger partial charge is 0.244 e. The highest BCUT2D eigenvalue weighted by atomic mass is 127. The first-order chi connectivity index (χ1) is 14.1. The zero-order valence-electron chi connectivity index (χ0n) is 16.0. The molecule has 1 amide bonds. The van der Waals surface area contributed by atoms with Crippen LogP contribution in [-0.2, 0) is 10.2 Å². The Bertz CT molecular complexity index is 996. The molecule has 3 aromatic carbocycles. The number of carbonyl (C=O) groups excluding carboxylic acids is 1. The monoisotopic (exact) mass is 496 g/mol. The van der Waals surface area contributed by atoms with Gasteiger partial charge in [0.25, 0.3) is 0 Å². The Balaban J connectivity index is 1.51. The third-order valence-corrected chi connectivity index (χ3v) is 6.26. The summed E-state index contributed by atoms with van der Waals surface area (Å²) in [6, 6.07) is 26.3. The molecule has 0 heterocycles. The summed E-state index contributed by atoms with van der Waals surface area (Å²) in [4.78, 5) is 12.9. The minimum absolute atomic E-state index is 0.0582. The second-order valence-corrected chi connectivity index (χ2v) is 8.25. The zero-order chi connectivity index (χ0) is 20.3. The van der Waals surface area contributed by atoms with Gasteiger partial charge in [-0.25, -0.2) is 5.43 Å². The zero-order valence-corrected chi connectivity index (χ0v) is 18.2. The van der Waals surface area contributed by atoms with E-state index in [1.807, 2.05) is 54.6 Å². The van der Waals surface area contributed by atoms with Crippen molar-refractivity contribution in [3.8, 4) is 5.75 Å². The van der Waals surface area contributed by atoms with Gasteiger partial charge >= 0.3 is 0 Å². The van der Waals surface area contributed by atoms with Crippen LogP contribution in [0.5, 0.6) is 5.75 Å². The summed E-state index contributed by atoms with van der Waals surface area (Å²) in [6.07, 6.45) is 2.44. The number of carbonyl (C=O) groups is 1. The molecule has 1 atom stereocenters. The molecule has 146 valence electrons. The van der Waals surface area contributed by atoms with Gasteiger partial charge in [0, 0.05) is 5.41 Å².